The Bertz CT molecular complexity index is 610. The average molecular weight is 511 g/mol. The van der Waals surface area contributed by atoms with Crippen LogP contribution in [-0.2, 0) is 6.54 Å². The lowest BCUT2D eigenvalue weighted by atomic mass is 10.1. The van der Waals surface area contributed by atoms with Crippen LogP contribution in [0.1, 0.15) is 18.1 Å². The Morgan fingerprint density at radius 1 is 1.18 bits per heavy atom. The smallest absolute Gasteiger partial charge is 0.387 e. The normalized spacial score (nSPS) is 16.0. The van der Waals surface area contributed by atoms with Crippen LogP contribution >= 0.6 is 24.0 Å². The minimum Gasteiger partial charge on any atom is -0.434 e. The predicted octanol–water partition coefficient (Wildman–Crippen LogP) is 2.52. The molecule has 1 aromatic carbocycles. The van der Waals surface area contributed by atoms with Crippen molar-refractivity contribution in [3.05, 3.63) is 29.3 Å². The van der Waals surface area contributed by atoms with Crippen molar-refractivity contribution in [1.82, 2.24) is 20.4 Å². The van der Waals surface area contributed by atoms with E-state index in [0.717, 1.165) is 51.4 Å². The number of alkyl halides is 2. The molecule has 0 radical (unpaired) electrons. The molecule has 0 aromatic heterocycles. The summed E-state index contributed by atoms with van der Waals surface area (Å²) in [6.45, 7) is 8.86. The van der Waals surface area contributed by atoms with Gasteiger partial charge >= 0.3 is 6.61 Å². The minimum absolute atomic E-state index is 0. The monoisotopic (exact) mass is 511 g/mol. The van der Waals surface area contributed by atoms with Gasteiger partial charge in [0.1, 0.15) is 5.75 Å². The highest BCUT2D eigenvalue weighted by molar-refractivity contribution is 14.0. The van der Waals surface area contributed by atoms with Gasteiger partial charge in [0.25, 0.3) is 0 Å². The van der Waals surface area contributed by atoms with Gasteiger partial charge < -0.3 is 20.3 Å². The fourth-order valence-corrected chi connectivity index (χ4v) is 3.12. The standard InChI is InChI=1S/C19H31F2N5O.HI/c1-4-25-9-11-26(12-10-25)8-7-23-19(22-3)24-14-16-13-15(2)5-6-17(16)27-18(20)21;/h5-6,13,18H,4,7-12,14H2,1-3H3,(H2,22,23,24);1H. The number of ether oxygens (including phenoxy) is 1. The largest absolute Gasteiger partial charge is 0.434 e. The van der Waals surface area contributed by atoms with Gasteiger partial charge in [-0.1, -0.05) is 24.6 Å². The summed E-state index contributed by atoms with van der Waals surface area (Å²) in [5.41, 5.74) is 1.66. The predicted molar refractivity (Wildman–Crippen MR) is 120 cm³/mol. The van der Waals surface area contributed by atoms with Crippen molar-refractivity contribution in [2.45, 2.75) is 27.0 Å². The highest BCUT2D eigenvalue weighted by Gasteiger charge is 2.15. The van der Waals surface area contributed by atoms with Crippen LogP contribution in [0.3, 0.4) is 0 Å². The molecule has 0 spiro atoms. The number of halogens is 3. The minimum atomic E-state index is -2.84. The molecule has 0 atom stereocenters. The molecule has 2 rings (SSSR count). The second kappa shape index (κ2) is 13.1. The number of hydrogen-bond acceptors (Lipinski definition) is 4. The van der Waals surface area contributed by atoms with Gasteiger partial charge in [0.15, 0.2) is 5.96 Å². The van der Waals surface area contributed by atoms with Crippen molar-refractivity contribution in [3.63, 3.8) is 0 Å². The third-order valence-corrected chi connectivity index (χ3v) is 4.73. The number of nitrogens with zero attached hydrogens (tertiary/aromatic N) is 3. The molecule has 0 amide bonds. The first-order chi connectivity index (χ1) is 13.0. The summed E-state index contributed by atoms with van der Waals surface area (Å²) in [7, 11) is 1.70. The number of piperazine rings is 1. The summed E-state index contributed by atoms with van der Waals surface area (Å²) in [6, 6.07) is 5.17. The highest BCUT2D eigenvalue weighted by atomic mass is 127. The van der Waals surface area contributed by atoms with Crippen LogP contribution in [0.2, 0.25) is 0 Å². The van der Waals surface area contributed by atoms with E-state index in [-0.39, 0.29) is 29.7 Å². The molecule has 1 heterocycles. The second-order valence-electron chi connectivity index (χ2n) is 6.62. The Hall–Kier alpha value is -1.20. The molecule has 0 saturated carbocycles. The zero-order valence-electron chi connectivity index (χ0n) is 16.9. The lowest BCUT2D eigenvalue weighted by Gasteiger charge is -2.34. The Balaban J connectivity index is 0.00000392. The van der Waals surface area contributed by atoms with Gasteiger partial charge in [-0.2, -0.15) is 8.78 Å². The zero-order valence-corrected chi connectivity index (χ0v) is 19.2. The molecule has 6 nitrogen and oxygen atoms in total. The molecule has 28 heavy (non-hydrogen) atoms. The van der Waals surface area contributed by atoms with Crippen molar-refractivity contribution < 1.29 is 13.5 Å². The van der Waals surface area contributed by atoms with E-state index in [9.17, 15) is 8.78 Å². The van der Waals surface area contributed by atoms with E-state index >= 15 is 0 Å². The van der Waals surface area contributed by atoms with E-state index < -0.39 is 6.61 Å². The third-order valence-electron chi connectivity index (χ3n) is 4.73. The van der Waals surface area contributed by atoms with E-state index in [4.69, 9.17) is 0 Å². The van der Waals surface area contributed by atoms with Crippen LogP contribution in [0.4, 0.5) is 8.78 Å². The lowest BCUT2D eigenvalue weighted by Crippen LogP contribution is -2.49. The van der Waals surface area contributed by atoms with Gasteiger partial charge in [-0.25, -0.2) is 0 Å². The summed E-state index contributed by atoms with van der Waals surface area (Å²) in [4.78, 5) is 9.08. The van der Waals surface area contributed by atoms with Gasteiger partial charge in [-0.15, -0.1) is 24.0 Å². The maximum atomic E-state index is 12.6. The fourth-order valence-electron chi connectivity index (χ4n) is 3.12. The van der Waals surface area contributed by atoms with Crippen molar-refractivity contribution in [1.29, 1.82) is 0 Å². The summed E-state index contributed by atoms with van der Waals surface area (Å²) in [5.74, 6) is 0.832. The number of nitrogens with one attached hydrogen (secondary N) is 2. The van der Waals surface area contributed by atoms with E-state index in [1.165, 1.54) is 0 Å². The number of hydrogen-bond donors (Lipinski definition) is 2. The summed E-state index contributed by atoms with van der Waals surface area (Å²) >= 11 is 0. The molecule has 1 fully saturated rings. The molecule has 1 saturated heterocycles. The van der Waals surface area contributed by atoms with Crippen molar-refractivity contribution in [2.24, 2.45) is 4.99 Å². The van der Waals surface area contributed by atoms with Crippen LogP contribution in [0, 0.1) is 6.92 Å². The van der Waals surface area contributed by atoms with Crippen LogP contribution in [0.15, 0.2) is 23.2 Å². The van der Waals surface area contributed by atoms with E-state index in [1.807, 2.05) is 13.0 Å². The van der Waals surface area contributed by atoms with Crippen molar-refractivity contribution in [3.8, 4) is 5.75 Å². The van der Waals surface area contributed by atoms with Gasteiger partial charge in [0, 0.05) is 58.4 Å². The lowest BCUT2D eigenvalue weighted by molar-refractivity contribution is -0.0504. The number of benzene rings is 1. The van der Waals surface area contributed by atoms with Gasteiger partial charge in [0.2, 0.25) is 0 Å². The molecular weight excluding hydrogens is 479 g/mol. The van der Waals surface area contributed by atoms with Crippen LogP contribution in [0.25, 0.3) is 0 Å². The Kier molecular flexibility index (Phi) is 11.6. The third kappa shape index (κ3) is 8.44. The molecule has 0 bridgehead atoms. The van der Waals surface area contributed by atoms with Crippen LogP contribution in [0.5, 0.6) is 5.75 Å². The van der Waals surface area contributed by atoms with Crippen LogP contribution < -0.4 is 15.4 Å². The zero-order chi connectivity index (χ0) is 19.6. The van der Waals surface area contributed by atoms with Crippen molar-refractivity contribution in [2.75, 3.05) is 52.9 Å². The Morgan fingerprint density at radius 3 is 2.46 bits per heavy atom. The number of rotatable bonds is 8. The molecule has 0 aliphatic carbocycles. The molecular formula is C19H32F2IN5O. The topological polar surface area (TPSA) is 52.1 Å². The first kappa shape index (κ1) is 24.8. The molecule has 0 unspecified atom stereocenters. The average Bonchev–Trinajstić information content (AvgIpc) is 2.66. The number of aliphatic imine (C=N–C) groups is 1. The maximum Gasteiger partial charge on any atom is 0.387 e. The Morgan fingerprint density at radius 2 is 1.86 bits per heavy atom. The van der Waals surface area contributed by atoms with Crippen molar-refractivity contribution >= 4 is 29.9 Å². The van der Waals surface area contributed by atoms with E-state index in [1.54, 1.807) is 19.2 Å². The number of likely N-dealkylation sites (N-methyl/N-ethyl adjacent to an activating group) is 1. The maximum absolute atomic E-state index is 12.6. The highest BCUT2D eigenvalue weighted by Crippen LogP contribution is 2.21. The molecule has 9 heteroatoms. The molecule has 1 aliphatic rings. The fraction of sp³-hybridized carbons (Fsp3) is 0.632. The van der Waals surface area contributed by atoms with Crippen LogP contribution in [-0.4, -0.2) is 75.2 Å². The second-order valence-corrected chi connectivity index (χ2v) is 6.62. The summed E-state index contributed by atoms with van der Waals surface area (Å²) < 4.78 is 29.7. The first-order valence-corrected chi connectivity index (χ1v) is 9.45. The molecule has 160 valence electrons. The number of aryl methyl sites for hydroxylation is 1. The summed E-state index contributed by atoms with van der Waals surface area (Å²) in [6.07, 6.45) is 0. The SMILES string of the molecule is CCN1CCN(CCNC(=NC)NCc2cc(C)ccc2OC(F)F)CC1.I. The molecule has 2 N–H and O–H groups in total. The Labute approximate surface area is 183 Å². The van der Waals surface area contributed by atoms with Gasteiger partial charge in [0.05, 0.1) is 0 Å². The number of guanidine groups is 1. The first-order valence-electron chi connectivity index (χ1n) is 9.45. The van der Waals surface area contributed by atoms with E-state index in [0.29, 0.717) is 18.1 Å². The quantitative estimate of drug-likeness (QED) is 0.319. The molecule has 1 aromatic rings. The molecule has 1 aliphatic heterocycles. The summed E-state index contributed by atoms with van der Waals surface area (Å²) in [5, 5.41) is 6.45. The van der Waals surface area contributed by atoms with Gasteiger partial charge in [-0.05, 0) is 19.5 Å². The van der Waals surface area contributed by atoms with E-state index in [2.05, 4.69) is 37.1 Å². The van der Waals surface area contributed by atoms with Gasteiger partial charge in [-0.3, -0.25) is 9.89 Å².